The summed E-state index contributed by atoms with van der Waals surface area (Å²) in [4.78, 5) is 0. The van der Waals surface area contributed by atoms with Crippen LogP contribution in [-0.2, 0) is 6.42 Å². The molecule has 0 spiro atoms. The van der Waals surface area contributed by atoms with Gasteiger partial charge in [0, 0.05) is 12.5 Å². The van der Waals surface area contributed by atoms with Crippen molar-refractivity contribution in [3.63, 3.8) is 0 Å². The zero-order chi connectivity index (χ0) is 11.3. The van der Waals surface area contributed by atoms with Gasteiger partial charge in [0.2, 0.25) is 0 Å². The van der Waals surface area contributed by atoms with Crippen LogP contribution in [0.4, 0.5) is 0 Å². The van der Waals surface area contributed by atoms with Crippen molar-refractivity contribution in [3.8, 4) is 11.8 Å². The number of aromatic nitrogens is 2. The standard InChI is InChI=1S/C12H17N3/c1-4-6-7-11(13)10-8-9(3)14-15-12(10)5-2/h8,11H,5,7,13H2,1-3H3. The van der Waals surface area contributed by atoms with Crippen molar-refractivity contribution in [2.24, 2.45) is 5.73 Å². The van der Waals surface area contributed by atoms with E-state index in [1.54, 1.807) is 0 Å². The minimum Gasteiger partial charge on any atom is -0.323 e. The molecule has 0 aliphatic carbocycles. The monoisotopic (exact) mass is 203 g/mol. The number of rotatable bonds is 3. The van der Waals surface area contributed by atoms with Gasteiger partial charge in [-0.1, -0.05) is 6.92 Å². The van der Waals surface area contributed by atoms with Crippen LogP contribution in [0.1, 0.15) is 43.3 Å². The summed E-state index contributed by atoms with van der Waals surface area (Å²) in [5.41, 5.74) is 9.02. The minimum absolute atomic E-state index is 0.0541. The predicted molar refractivity (Wildman–Crippen MR) is 61.1 cm³/mol. The number of nitrogens with zero attached hydrogens (tertiary/aromatic N) is 2. The molecule has 1 aromatic heterocycles. The van der Waals surface area contributed by atoms with Crippen LogP contribution in [0.2, 0.25) is 0 Å². The van der Waals surface area contributed by atoms with E-state index in [9.17, 15) is 0 Å². The molecule has 0 aromatic carbocycles. The second-order valence-corrected chi connectivity index (χ2v) is 3.48. The molecule has 2 N–H and O–H groups in total. The lowest BCUT2D eigenvalue weighted by atomic mass is 10.0. The zero-order valence-electron chi connectivity index (χ0n) is 9.54. The summed E-state index contributed by atoms with van der Waals surface area (Å²) in [6.07, 6.45) is 1.53. The third kappa shape index (κ3) is 3.03. The maximum atomic E-state index is 6.06. The Labute approximate surface area is 91.1 Å². The summed E-state index contributed by atoms with van der Waals surface area (Å²) in [5.74, 6) is 5.85. The molecule has 80 valence electrons. The maximum Gasteiger partial charge on any atom is 0.0676 e. The van der Waals surface area contributed by atoms with E-state index in [0.717, 1.165) is 23.4 Å². The first-order chi connectivity index (χ1) is 7.19. The molecule has 0 aliphatic rings. The number of nitrogens with two attached hydrogens (primary N) is 1. The maximum absolute atomic E-state index is 6.06. The number of hydrogen-bond acceptors (Lipinski definition) is 3. The highest BCUT2D eigenvalue weighted by atomic mass is 15.1. The van der Waals surface area contributed by atoms with Gasteiger partial charge >= 0.3 is 0 Å². The summed E-state index contributed by atoms with van der Waals surface area (Å²) < 4.78 is 0. The van der Waals surface area contributed by atoms with E-state index >= 15 is 0 Å². The number of aryl methyl sites for hydroxylation is 2. The van der Waals surface area contributed by atoms with E-state index in [0.29, 0.717) is 6.42 Å². The van der Waals surface area contributed by atoms with Gasteiger partial charge in [-0.05, 0) is 31.9 Å². The average Bonchev–Trinajstić information content (AvgIpc) is 2.25. The molecule has 15 heavy (non-hydrogen) atoms. The van der Waals surface area contributed by atoms with Crippen molar-refractivity contribution in [3.05, 3.63) is 23.0 Å². The molecule has 1 heterocycles. The first-order valence-corrected chi connectivity index (χ1v) is 5.17. The molecule has 0 saturated heterocycles. The van der Waals surface area contributed by atoms with E-state index in [2.05, 4.69) is 29.0 Å². The molecular weight excluding hydrogens is 186 g/mol. The molecule has 0 fully saturated rings. The Kier molecular flexibility index (Phi) is 4.26. The Balaban J connectivity index is 2.97. The normalized spacial score (nSPS) is 11.7. The van der Waals surface area contributed by atoms with Crippen LogP contribution < -0.4 is 5.73 Å². The Morgan fingerprint density at radius 2 is 2.20 bits per heavy atom. The molecule has 1 rings (SSSR count). The summed E-state index contributed by atoms with van der Waals surface area (Å²) in [5, 5.41) is 8.18. The van der Waals surface area contributed by atoms with Crippen molar-refractivity contribution >= 4 is 0 Å². The molecule has 1 aromatic rings. The predicted octanol–water partition coefficient (Wildman–Crippen LogP) is 1.76. The quantitative estimate of drug-likeness (QED) is 0.761. The molecule has 0 radical (unpaired) electrons. The lowest BCUT2D eigenvalue weighted by Crippen LogP contribution is -2.14. The van der Waals surface area contributed by atoms with Gasteiger partial charge in [-0.15, -0.1) is 11.8 Å². The van der Waals surface area contributed by atoms with Crippen molar-refractivity contribution in [2.75, 3.05) is 0 Å². The molecule has 1 atom stereocenters. The highest BCUT2D eigenvalue weighted by Gasteiger charge is 2.11. The van der Waals surface area contributed by atoms with Gasteiger partial charge in [0.05, 0.1) is 11.4 Å². The lowest BCUT2D eigenvalue weighted by molar-refractivity contribution is 0.715. The van der Waals surface area contributed by atoms with Gasteiger partial charge in [-0.25, -0.2) is 0 Å². The summed E-state index contributed by atoms with van der Waals surface area (Å²) in [6, 6.07) is 1.95. The third-order valence-electron chi connectivity index (χ3n) is 2.26. The topological polar surface area (TPSA) is 51.8 Å². The average molecular weight is 203 g/mol. The Morgan fingerprint density at radius 3 is 2.80 bits per heavy atom. The van der Waals surface area contributed by atoms with Crippen LogP contribution in [0.3, 0.4) is 0 Å². The molecule has 0 saturated carbocycles. The van der Waals surface area contributed by atoms with Crippen LogP contribution in [-0.4, -0.2) is 10.2 Å². The van der Waals surface area contributed by atoms with Crippen molar-refractivity contribution < 1.29 is 0 Å². The second kappa shape index (κ2) is 5.47. The highest BCUT2D eigenvalue weighted by Crippen LogP contribution is 2.17. The fraction of sp³-hybridized carbons (Fsp3) is 0.500. The van der Waals surface area contributed by atoms with Crippen LogP contribution in [0, 0.1) is 18.8 Å². The largest absolute Gasteiger partial charge is 0.323 e. The van der Waals surface area contributed by atoms with Gasteiger partial charge in [-0.3, -0.25) is 0 Å². The molecule has 3 nitrogen and oxygen atoms in total. The van der Waals surface area contributed by atoms with Crippen LogP contribution in [0.25, 0.3) is 0 Å². The summed E-state index contributed by atoms with van der Waals surface area (Å²) >= 11 is 0. The van der Waals surface area contributed by atoms with Gasteiger partial charge in [0.15, 0.2) is 0 Å². The Hall–Kier alpha value is -1.40. The molecule has 3 heteroatoms. The molecule has 0 amide bonds. The van der Waals surface area contributed by atoms with E-state index in [4.69, 9.17) is 5.73 Å². The summed E-state index contributed by atoms with van der Waals surface area (Å²) in [6.45, 7) is 5.80. The highest BCUT2D eigenvalue weighted by molar-refractivity contribution is 5.25. The van der Waals surface area contributed by atoms with Crippen molar-refractivity contribution in [1.29, 1.82) is 0 Å². The Bertz CT molecular complexity index is 388. The summed E-state index contributed by atoms with van der Waals surface area (Å²) in [7, 11) is 0. The minimum atomic E-state index is -0.0541. The first-order valence-electron chi connectivity index (χ1n) is 5.17. The van der Waals surface area contributed by atoms with E-state index < -0.39 is 0 Å². The first kappa shape index (κ1) is 11.7. The van der Waals surface area contributed by atoms with Crippen molar-refractivity contribution in [1.82, 2.24) is 10.2 Å². The molecular formula is C12H17N3. The van der Waals surface area contributed by atoms with Gasteiger partial charge in [0.25, 0.3) is 0 Å². The van der Waals surface area contributed by atoms with Crippen LogP contribution in [0.5, 0.6) is 0 Å². The smallest absolute Gasteiger partial charge is 0.0676 e. The fourth-order valence-electron chi connectivity index (χ4n) is 1.45. The SMILES string of the molecule is CC#CCC(N)c1cc(C)nnc1CC. The van der Waals surface area contributed by atoms with Crippen LogP contribution in [0.15, 0.2) is 6.07 Å². The molecule has 0 aliphatic heterocycles. The Morgan fingerprint density at radius 1 is 1.47 bits per heavy atom. The van der Waals surface area contributed by atoms with E-state index in [1.807, 2.05) is 19.9 Å². The molecule has 0 bridgehead atoms. The fourth-order valence-corrected chi connectivity index (χ4v) is 1.45. The van der Waals surface area contributed by atoms with E-state index in [1.165, 1.54) is 0 Å². The molecule has 1 unspecified atom stereocenters. The second-order valence-electron chi connectivity index (χ2n) is 3.48. The lowest BCUT2D eigenvalue weighted by Gasteiger charge is -2.12. The zero-order valence-corrected chi connectivity index (χ0v) is 9.54. The van der Waals surface area contributed by atoms with Gasteiger partial charge < -0.3 is 5.73 Å². The van der Waals surface area contributed by atoms with Crippen LogP contribution >= 0.6 is 0 Å². The third-order valence-corrected chi connectivity index (χ3v) is 2.26. The number of hydrogen-bond donors (Lipinski definition) is 1. The van der Waals surface area contributed by atoms with E-state index in [-0.39, 0.29) is 6.04 Å². The van der Waals surface area contributed by atoms with Gasteiger partial charge in [-0.2, -0.15) is 10.2 Å². The van der Waals surface area contributed by atoms with Crippen molar-refractivity contribution in [2.45, 2.75) is 39.7 Å². The van der Waals surface area contributed by atoms with Gasteiger partial charge in [0.1, 0.15) is 0 Å².